The molecule has 2 aromatic carbocycles. The molecule has 0 radical (unpaired) electrons. The van der Waals surface area contributed by atoms with E-state index in [0.717, 1.165) is 48.5 Å². The first-order chi connectivity index (χ1) is 12.1. The summed E-state index contributed by atoms with van der Waals surface area (Å²) in [6, 6.07) is 13.7. The van der Waals surface area contributed by atoms with Crippen molar-refractivity contribution in [1.82, 2.24) is 9.97 Å². The second kappa shape index (κ2) is 6.79. The number of halogens is 2. The second-order valence-corrected chi connectivity index (χ2v) is 7.28. The third-order valence-corrected chi connectivity index (χ3v) is 5.42. The zero-order chi connectivity index (χ0) is 17.4. The number of quaternary nitrogens is 1. The molecule has 0 unspecified atom stereocenters. The first-order valence-electron chi connectivity index (χ1n) is 8.40. The molecule has 0 atom stereocenters. The molecule has 3 aromatic rings. The molecule has 1 saturated heterocycles. The average molecular weight is 374 g/mol. The van der Waals surface area contributed by atoms with E-state index in [1.54, 1.807) is 11.0 Å². The third-order valence-electron chi connectivity index (χ3n) is 4.68. The van der Waals surface area contributed by atoms with Crippen LogP contribution in [-0.2, 0) is 0 Å². The molecule has 4 nitrogen and oxygen atoms in total. The molecule has 6 heteroatoms. The second-order valence-electron chi connectivity index (χ2n) is 6.46. The average Bonchev–Trinajstić information content (AvgIpc) is 2.64. The van der Waals surface area contributed by atoms with Crippen molar-refractivity contribution in [3.8, 4) is 11.4 Å². The quantitative estimate of drug-likeness (QED) is 0.749. The van der Waals surface area contributed by atoms with Crippen LogP contribution in [0.2, 0.25) is 10.0 Å². The van der Waals surface area contributed by atoms with Gasteiger partial charge in [-0.1, -0.05) is 35.3 Å². The Labute approximate surface area is 157 Å². The van der Waals surface area contributed by atoms with Crippen LogP contribution in [0, 0.1) is 0 Å². The van der Waals surface area contributed by atoms with Crippen molar-refractivity contribution in [3.05, 3.63) is 52.5 Å². The maximum Gasteiger partial charge on any atom is 0.162 e. The van der Waals surface area contributed by atoms with Crippen molar-refractivity contribution in [2.45, 2.75) is 0 Å². The number of fused-ring (bicyclic) bond motifs is 1. The molecule has 0 spiro atoms. The van der Waals surface area contributed by atoms with Crippen molar-refractivity contribution in [2.24, 2.45) is 0 Å². The molecule has 0 saturated carbocycles. The number of nitrogens with one attached hydrogen (secondary N) is 1. The number of para-hydroxylation sites is 1. The maximum absolute atomic E-state index is 6.19. The van der Waals surface area contributed by atoms with Crippen LogP contribution in [0.5, 0.6) is 0 Å². The van der Waals surface area contributed by atoms with E-state index in [1.807, 2.05) is 30.3 Å². The van der Waals surface area contributed by atoms with Gasteiger partial charge in [0.2, 0.25) is 0 Å². The third kappa shape index (κ3) is 3.30. The van der Waals surface area contributed by atoms with Gasteiger partial charge in [0.25, 0.3) is 0 Å². The summed E-state index contributed by atoms with van der Waals surface area (Å²) in [5, 5.41) is 2.14. The minimum Gasteiger partial charge on any atom is -0.345 e. The molecule has 1 aliphatic heterocycles. The lowest BCUT2D eigenvalue weighted by molar-refractivity contribution is -0.880. The van der Waals surface area contributed by atoms with Crippen LogP contribution in [0.4, 0.5) is 5.82 Å². The van der Waals surface area contributed by atoms with Gasteiger partial charge in [0, 0.05) is 10.9 Å². The van der Waals surface area contributed by atoms with Crippen molar-refractivity contribution >= 4 is 39.9 Å². The van der Waals surface area contributed by atoms with Gasteiger partial charge in [-0.15, -0.1) is 0 Å². The fourth-order valence-electron chi connectivity index (χ4n) is 3.17. The zero-order valence-corrected chi connectivity index (χ0v) is 15.5. The largest absolute Gasteiger partial charge is 0.345 e. The first-order valence-corrected chi connectivity index (χ1v) is 9.16. The van der Waals surface area contributed by atoms with Gasteiger partial charge in [-0.3, -0.25) is 0 Å². The number of nitrogens with zero attached hydrogens (tertiary/aromatic N) is 3. The molecule has 1 aromatic heterocycles. The van der Waals surface area contributed by atoms with Gasteiger partial charge in [0.15, 0.2) is 5.82 Å². The van der Waals surface area contributed by atoms with Crippen molar-refractivity contribution in [1.29, 1.82) is 0 Å². The van der Waals surface area contributed by atoms with E-state index < -0.39 is 0 Å². The number of likely N-dealkylation sites (N-methyl/N-ethyl adjacent to an activating group) is 1. The number of hydrogen-bond acceptors (Lipinski definition) is 3. The number of hydrogen-bond donors (Lipinski definition) is 1. The summed E-state index contributed by atoms with van der Waals surface area (Å²) in [7, 11) is 2.23. The van der Waals surface area contributed by atoms with Gasteiger partial charge in [0.05, 0.1) is 48.8 Å². The minimum absolute atomic E-state index is 0.515. The van der Waals surface area contributed by atoms with Gasteiger partial charge in [-0.2, -0.15) is 0 Å². The van der Waals surface area contributed by atoms with Crippen molar-refractivity contribution in [2.75, 3.05) is 38.1 Å². The summed E-state index contributed by atoms with van der Waals surface area (Å²) in [5.41, 5.74) is 1.82. The van der Waals surface area contributed by atoms with Crippen LogP contribution in [0.15, 0.2) is 42.5 Å². The highest BCUT2D eigenvalue weighted by atomic mass is 35.5. The predicted molar refractivity (Wildman–Crippen MR) is 104 cm³/mol. The van der Waals surface area contributed by atoms with Gasteiger partial charge in [-0.25, -0.2) is 9.97 Å². The number of anilines is 1. The molecule has 1 aliphatic rings. The summed E-state index contributed by atoms with van der Waals surface area (Å²) >= 11 is 12.2. The van der Waals surface area contributed by atoms with Gasteiger partial charge >= 0.3 is 0 Å². The molecule has 0 amide bonds. The molecule has 1 fully saturated rings. The Balaban J connectivity index is 1.84. The highest BCUT2D eigenvalue weighted by Crippen LogP contribution is 2.30. The molecule has 2 heterocycles. The predicted octanol–water partition coefficient (Wildman–Crippen LogP) is 2.94. The smallest absolute Gasteiger partial charge is 0.162 e. The summed E-state index contributed by atoms with van der Waals surface area (Å²) in [6.45, 7) is 4.21. The first kappa shape index (κ1) is 16.6. The normalized spacial score (nSPS) is 15.7. The number of piperazine rings is 1. The standard InChI is InChI=1S/C19H18Cl2N4/c1-24-8-10-25(11-9-24)19-14-4-2-3-5-17(14)22-18(23-19)13-6-7-15(20)16(21)12-13/h2-7,12H,8-11H2,1H3/p+1. The van der Waals surface area contributed by atoms with E-state index in [2.05, 4.69) is 18.0 Å². The summed E-state index contributed by atoms with van der Waals surface area (Å²) < 4.78 is 0. The van der Waals surface area contributed by atoms with E-state index in [0.29, 0.717) is 15.9 Å². The SMILES string of the molecule is C[NH+]1CCN(c2nc(-c3ccc(Cl)c(Cl)c3)nc3ccccc23)CC1. The van der Waals surface area contributed by atoms with Gasteiger partial charge in [0.1, 0.15) is 5.82 Å². The Morgan fingerprint density at radius 3 is 2.48 bits per heavy atom. The Kier molecular flexibility index (Phi) is 4.50. The number of benzene rings is 2. The number of rotatable bonds is 2. The fraction of sp³-hybridized carbons (Fsp3) is 0.263. The molecule has 0 bridgehead atoms. The van der Waals surface area contributed by atoms with E-state index in [1.165, 1.54) is 0 Å². The van der Waals surface area contributed by atoms with E-state index in [4.69, 9.17) is 33.2 Å². The molecular formula is C19H19Cl2N4+. The molecular weight excluding hydrogens is 355 g/mol. The summed E-state index contributed by atoms with van der Waals surface area (Å²) in [5.74, 6) is 1.68. The maximum atomic E-state index is 6.19. The monoisotopic (exact) mass is 373 g/mol. The Bertz CT molecular complexity index is 920. The Hall–Kier alpha value is -1.88. The molecule has 128 valence electrons. The van der Waals surface area contributed by atoms with Crippen LogP contribution in [0.1, 0.15) is 0 Å². The van der Waals surface area contributed by atoms with Crippen LogP contribution < -0.4 is 9.80 Å². The van der Waals surface area contributed by atoms with Crippen LogP contribution in [-0.4, -0.2) is 43.2 Å². The number of aromatic nitrogens is 2. The minimum atomic E-state index is 0.515. The van der Waals surface area contributed by atoms with Crippen LogP contribution in [0.25, 0.3) is 22.3 Å². The van der Waals surface area contributed by atoms with Gasteiger partial charge < -0.3 is 9.80 Å². The van der Waals surface area contributed by atoms with Crippen molar-refractivity contribution < 1.29 is 4.90 Å². The van der Waals surface area contributed by atoms with E-state index in [-0.39, 0.29) is 0 Å². The highest BCUT2D eigenvalue weighted by Gasteiger charge is 2.21. The lowest BCUT2D eigenvalue weighted by Crippen LogP contribution is -3.12. The Morgan fingerprint density at radius 2 is 1.72 bits per heavy atom. The summed E-state index contributed by atoms with van der Waals surface area (Å²) in [4.78, 5) is 13.6. The Morgan fingerprint density at radius 1 is 0.960 bits per heavy atom. The topological polar surface area (TPSA) is 33.5 Å². The van der Waals surface area contributed by atoms with Crippen molar-refractivity contribution in [3.63, 3.8) is 0 Å². The fourth-order valence-corrected chi connectivity index (χ4v) is 3.46. The molecule has 25 heavy (non-hydrogen) atoms. The molecule has 4 rings (SSSR count). The zero-order valence-electron chi connectivity index (χ0n) is 14.0. The van der Waals surface area contributed by atoms with Crippen LogP contribution in [0.3, 0.4) is 0 Å². The lowest BCUT2D eigenvalue weighted by Gasteiger charge is -2.31. The molecule has 1 N–H and O–H groups in total. The highest BCUT2D eigenvalue weighted by molar-refractivity contribution is 6.42. The summed E-state index contributed by atoms with van der Waals surface area (Å²) in [6.07, 6.45) is 0. The lowest BCUT2D eigenvalue weighted by atomic mass is 10.1. The van der Waals surface area contributed by atoms with E-state index >= 15 is 0 Å². The van der Waals surface area contributed by atoms with Gasteiger partial charge in [-0.05, 0) is 30.3 Å². The molecule has 0 aliphatic carbocycles. The van der Waals surface area contributed by atoms with Crippen LogP contribution >= 0.6 is 23.2 Å². The van der Waals surface area contributed by atoms with E-state index in [9.17, 15) is 0 Å².